The highest BCUT2D eigenvalue weighted by Gasteiger charge is 2.13. The van der Waals surface area contributed by atoms with E-state index in [1.54, 1.807) is 12.4 Å². The molecule has 2 aromatic heterocycles. The van der Waals surface area contributed by atoms with Crippen molar-refractivity contribution in [1.29, 1.82) is 0 Å². The molecule has 0 saturated heterocycles. The molecule has 8 heteroatoms. The van der Waals surface area contributed by atoms with E-state index in [0.29, 0.717) is 0 Å². The minimum Gasteiger partial charge on any atom is -0.744 e. The van der Waals surface area contributed by atoms with Crippen LogP contribution in [-0.4, -0.2) is 29.0 Å². The van der Waals surface area contributed by atoms with E-state index in [9.17, 15) is 17.8 Å². The number of hydrogen-bond acceptors (Lipinski definition) is 5. The number of carbonyl (C=O) groups is 1. The van der Waals surface area contributed by atoms with Crippen LogP contribution in [0.4, 0.5) is 0 Å². The zero-order valence-corrected chi connectivity index (χ0v) is 14.8. The van der Waals surface area contributed by atoms with Gasteiger partial charge >= 0.3 is 5.97 Å². The van der Waals surface area contributed by atoms with Gasteiger partial charge in [0, 0.05) is 24.5 Å². The molecule has 138 valence electrons. The van der Waals surface area contributed by atoms with Crippen LogP contribution in [0, 0.1) is 0 Å². The van der Waals surface area contributed by atoms with Crippen LogP contribution in [-0.2, 0) is 10.1 Å². The number of nitrogens with one attached hydrogen (secondary N) is 1. The molecule has 7 nitrogen and oxygen atoms in total. The molecule has 0 atom stereocenters. The summed E-state index contributed by atoms with van der Waals surface area (Å²) in [7, 11) is -4.71. The van der Waals surface area contributed by atoms with Crippen LogP contribution < -0.4 is 4.98 Å². The first-order valence-electron chi connectivity index (χ1n) is 7.70. The molecule has 0 amide bonds. The van der Waals surface area contributed by atoms with Crippen LogP contribution in [0.3, 0.4) is 0 Å². The first-order valence-corrected chi connectivity index (χ1v) is 9.11. The standard InChI is InChI=1S/C12H10N2.C7H6O5S/c1(11-3-7-13-8-4-11)2-12-5-9-14-10-6-12;8-7(9)5-3-1-2-4-6(5)13(10,11)12/h1-10H;1-4H,(H,8,9)(H,10,11,12)/b2-1+;. The summed E-state index contributed by atoms with van der Waals surface area (Å²) in [6.07, 6.45) is 11.5. The number of carboxylic acid groups (broad SMARTS) is 1. The summed E-state index contributed by atoms with van der Waals surface area (Å²) < 4.78 is 31.6. The molecular weight excluding hydrogens is 368 g/mol. The van der Waals surface area contributed by atoms with Crippen molar-refractivity contribution in [1.82, 2.24) is 4.98 Å². The molecule has 0 saturated carbocycles. The lowest BCUT2D eigenvalue weighted by molar-refractivity contribution is -0.378. The van der Waals surface area contributed by atoms with Crippen LogP contribution in [0.25, 0.3) is 12.2 Å². The molecule has 0 fully saturated rings. The third-order valence-electron chi connectivity index (χ3n) is 3.31. The summed E-state index contributed by atoms with van der Waals surface area (Å²) >= 11 is 0. The van der Waals surface area contributed by atoms with Crippen molar-refractivity contribution in [3.05, 3.63) is 90.0 Å². The van der Waals surface area contributed by atoms with E-state index in [1.165, 1.54) is 17.7 Å². The lowest BCUT2D eigenvalue weighted by atomic mass is 10.2. The summed E-state index contributed by atoms with van der Waals surface area (Å²) in [4.78, 5) is 16.7. The van der Waals surface area contributed by atoms with Crippen molar-refractivity contribution < 1.29 is 27.9 Å². The van der Waals surface area contributed by atoms with Gasteiger partial charge in [-0.15, -0.1) is 0 Å². The van der Waals surface area contributed by atoms with Crippen LogP contribution in [0.5, 0.6) is 0 Å². The first-order chi connectivity index (χ1) is 12.9. The number of benzene rings is 1. The molecule has 1 aromatic carbocycles. The maximum Gasteiger partial charge on any atom is 0.336 e. The van der Waals surface area contributed by atoms with Crippen molar-refractivity contribution in [2.75, 3.05) is 0 Å². The van der Waals surface area contributed by atoms with Crippen molar-refractivity contribution in [2.24, 2.45) is 0 Å². The minimum atomic E-state index is -4.71. The molecule has 0 unspecified atom stereocenters. The number of aromatic carboxylic acids is 1. The Bertz CT molecular complexity index is 979. The van der Waals surface area contributed by atoms with E-state index in [2.05, 4.69) is 22.1 Å². The van der Waals surface area contributed by atoms with Gasteiger partial charge in [-0.1, -0.05) is 24.3 Å². The highest BCUT2D eigenvalue weighted by atomic mass is 32.2. The van der Waals surface area contributed by atoms with Gasteiger partial charge in [0.15, 0.2) is 12.4 Å². The maximum atomic E-state index is 10.5. The summed E-state index contributed by atoms with van der Waals surface area (Å²) in [6.45, 7) is 0. The zero-order valence-electron chi connectivity index (χ0n) is 14.0. The second-order valence-electron chi connectivity index (χ2n) is 5.20. The lowest BCUT2D eigenvalue weighted by Gasteiger charge is -2.08. The molecule has 27 heavy (non-hydrogen) atoms. The Balaban J connectivity index is 0.000000194. The Morgan fingerprint density at radius 3 is 2.04 bits per heavy atom. The molecule has 0 aliphatic carbocycles. The predicted molar refractivity (Wildman–Crippen MR) is 97.5 cm³/mol. The van der Waals surface area contributed by atoms with Gasteiger partial charge in [-0.3, -0.25) is 4.98 Å². The van der Waals surface area contributed by atoms with E-state index in [-0.39, 0.29) is 0 Å². The first kappa shape index (κ1) is 20.0. The highest BCUT2D eigenvalue weighted by Crippen LogP contribution is 2.14. The van der Waals surface area contributed by atoms with Crippen molar-refractivity contribution in [3.8, 4) is 0 Å². The average Bonchev–Trinajstić information content (AvgIpc) is 2.68. The predicted octanol–water partition coefficient (Wildman–Crippen LogP) is 2.36. The molecule has 3 rings (SSSR count). The van der Waals surface area contributed by atoms with Gasteiger partial charge in [0.25, 0.3) is 0 Å². The third kappa shape index (κ3) is 6.46. The molecule has 0 aliphatic rings. The number of hydrogen-bond donors (Lipinski definition) is 1. The summed E-state index contributed by atoms with van der Waals surface area (Å²) in [5, 5.41) is 8.53. The Morgan fingerprint density at radius 2 is 1.52 bits per heavy atom. The van der Waals surface area contributed by atoms with Gasteiger partial charge < -0.3 is 9.66 Å². The molecular formula is C19H16N2O5S. The molecule has 3 aromatic rings. The molecule has 0 radical (unpaired) electrons. The largest absolute Gasteiger partial charge is 0.744 e. The van der Waals surface area contributed by atoms with E-state index in [4.69, 9.17) is 5.11 Å². The Hall–Kier alpha value is -3.36. The summed E-state index contributed by atoms with van der Waals surface area (Å²) in [5.74, 6) is -1.44. The van der Waals surface area contributed by atoms with Crippen molar-refractivity contribution >= 4 is 28.2 Å². The van der Waals surface area contributed by atoms with Gasteiger partial charge in [-0.05, 0) is 35.4 Å². The second-order valence-corrected chi connectivity index (χ2v) is 6.55. The number of carboxylic acids is 1. The fraction of sp³-hybridized carbons (Fsp3) is 0. The van der Waals surface area contributed by atoms with Gasteiger partial charge in [0.2, 0.25) is 0 Å². The molecule has 0 spiro atoms. The smallest absolute Gasteiger partial charge is 0.336 e. The van der Waals surface area contributed by atoms with E-state index in [1.807, 2.05) is 36.7 Å². The fourth-order valence-electron chi connectivity index (χ4n) is 2.04. The Morgan fingerprint density at radius 1 is 0.963 bits per heavy atom. The SMILES string of the molecule is C(=C\c1cc[nH+]cc1)/c1ccncc1.O=C(O)c1ccccc1S(=O)(=O)[O-]. The fourth-order valence-corrected chi connectivity index (χ4v) is 2.71. The number of aromatic amines is 1. The molecule has 0 aliphatic heterocycles. The molecule has 0 bridgehead atoms. The van der Waals surface area contributed by atoms with E-state index < -0.39 is 26.5 Å². The van der Waals surface area contributed by atoms with Crippen LogP contribution in [0.1, 0.15) is 21.5 Å². The van der Waals surface area contributed by atoms with E-state index >= 15 is 0 Å². The number of pyridine rings is 2. The number of aromatic nitrogens is 2. The van der Waals surface area contributed by atoms with Gasteiger partial charge in [-0.25, -0.2) is 18.2 Å². The summed E-state index contributed by atoms with van der Waals surface area (Å²) in [6, 6.07) is 12.7. The topological polar surface area (TPSA) is 122 Å². The van der Waals surface area contributed by atoms with Gasteiger partial charge in [-0.2, -0.15) is 0 Å². The number of nitrogens with zero attached hydrogens (tertiary/aromatic N) is 1. The summed E-state index contributed by atoms with van der Waals surface area (Å²) in [5.41, 5.74) is 1.84. The van der Waals surface area contributed by atoms with Crippen LogP contribution in [0.15, 0.2) is 78.2 Å². The van der Waals surface area contributed by atoms with Crippen LogP contribution in [0.2, 0.25) is 0 Å². The van der Waals surface area contributed by atoms with Gasteiger partial charge in [0.05, 0.1) is 10.5 Å². The molecule has 2 N–H and O–H groups in total. The van der Waals surface area contributed by atoms with E-state index in [0.717, 1.165) is 17.7 Å². The normalized spacial score (nSPS) is 10.9. The van der Waals surface area contributed by atoms with Crippen molar-refractivity contribution in [2.45, 2.75) is 4.90 Å². The number of H-pyrrole nitrogens is 1. The van der Waals surface area contributed by atoms with Gasteiger partial charge in [0.1, 0.15) is 10.1 Å². The minimum absolute atomic E-state index is 0.502. The Labute approximate surface area is 156 Å². The third-order valence-corrected chi connectivity index (χ3v) is 4.20. The average molecular weight is 384 g/mol. The van der Waals surface area contributed by atoms with Crippen LogP contribution >= 0.6 is 0 Å². The zero-order chi connectivity index (χ0) is 19.7. The second kappa shape index (κ2) is 9.37. The highest BCUT2D eigenvalue weighted by molar-refractivity contribution is 7.85. The Kier molecular flexibility index (Phi) is 6.93. The monoisotopic (exact) mass is 384 g/mol. The molecule has 2 heterocycles. The maximum absolute atomic E-state index is 10.5. The quantitative estimate of drug-likeness (QED) is 0.689. The lowest BCUT2D eigenvalue weighted by Crippen LogP contribution is -2.07. The number of rotatable bonds is 4. The van der Waals surface area contributed by atoms with Crippen molar-refractivity contribution in [3.63, 3.8) is 0 Å².